The zero-order valence-corrected chi connectivity index (χ0v) is 20.5. The van der Waals surface area contributed by atoms with E-state index in [1.54, 1.807) is 36.6 Å². The summed E-state index contributed by atoms with van der Waals surface area (Å²) in [5, 5.41) is 13.5. The van der Waals surface area contributed by atoms with Gasteiger partial charge < -0.3 is 10.4 Å². The molecule has 0 amide bonds. The Morgan fingerprint density at radius 1 is 1.06 bits per heavy atom. The number of hydrogen-bond donors (Lipinski definition) is 3. The van der Waals surface area contributed by atoms with Gasteiger partial charge in [-0.2, -0.15) is 13.2 Å². The van der Waals surface area contributed by atoms with Gasteiger partial charge in [0.05, 0.1) is 26.4 Å². The fourth-order valence-electron chi connectivity index (χ4n) is 3.55. The van der Waals surface area contributed by atoms with E-state index in [4.69, 9.17) is 0 Å². The van der Waals surface area contributed by atoms with Crippen LogP contribution in [0.15, 0.2) is 85.4 Å². The fraction of sp³-hybridized carbons (Fsp3) is 0.217. The molecular formula is C23H20BrF3N4O3S. The van der Waals surface area contributed by atoms with Crippen LogP contribution in [0.2, 0.25) is 0 Å². The van der Waals surface area contributed by atoms with Gasteiger partial charge in [-0.05, 0) is 64.8 Å². The second-order valence-electron chi connectivity index (χ2n) is 7.73. The van der Waals surface area contributed by atoms with E-state index in [1.807, 2.05) is 0 Å². The molecule has 2 aliphatic rings. The zero-order valence-electron chi connectivity index (χ0n) is 18.1. The second-order valence-corrected chi connectivity index (χ2v) is 10.3. The number of benzene rings is 2. The number of hydrogen-bond acceptors (Lipinski definition) is 6. The van der Waals surface area contributed by atoms with E-state index in [2.05, 4.69) is 36.0 Å². The SMILES string of the molecule is O=S(=O)(NCCCNC1=CC(c2ccccc2O)=NC2=C(Br)C=NC12)c1ccc(C(F)(F)F)cc1. The number of para-hydroxylation sites is 1. The first kappa shape index (κ1) is 25.1. The highest BCUT2D eigenvalue weighted by Crippen LogP contribution is 2.33. The predicted molar refractivity (Wildman–Crippen MR) is 130 cm³/mol. The molecule has 2 heterocycles. The van der Waals surface area contributed by atoms with E-state index in [1.165, 1.54) is 0 Å². The molecule has 2 aromatic rings. The van der Waals surface area contributed by atoms with Crippen molar-refractivity contribution in [1.29, 1.82) is 0 Å². The molecule has 184 valence electrons. The highest BCUT2D eigenvalue weighted by Gasteiger charge is 2.31. The average molecular weight is 569 g/mol. The minimum Gasteiger partial charge on any atom is -0.507 e. The standard InChI is InChI=1S/C23H20BrF3N4O3S/c24-17-13-29-22-19(12-18(31-21(17)22)16-4-1-2-5-20(16)32)28-10-3-11-30-35(33,34)15-8-6-14(7-9-15)23(25,26)27/h1-2,4-9,12-13,22,28,30,32H,3,10-11H2. The summed E-state index contributed by atoms with van der Waals surface area (Å²) in [5.41, 5.74) is 1.64. The molecule has 0 aromatic heterocycles. The molecule has 35 heavy (non-hydrogen) atoms. The van der Waals surface area contributed by atoms with Gasteiger partial charge in [-0.1, -0.05) is 12.1 Å². The topological polar surface area (TPSA) is 103 Å². The molecule has 0 aliphatic carbocycles. The van der Waals surface area contributed by atoms with Gasteiger partial charge in [0.25, 0.3) is 0 Å². The normalized spacial score (nSPS) is 17.8. The Morgan fingerprint density at radius 3 is 2.46 bits per heavy atom. The summed E-state index contributed by atoms with van der Waals surface area (Å²) in [6.45, 7) is 0.469. The Morgan fingerprint density at radius 2 is 1.77 bits per heavy atom. The lowest BCUT2D eigenvalue weighted by Crippen LogP contribution is -2.31. The van der Waals surface area contributed by atoms with Gasteiger partial charge in [-0.15, -0.1) is 0 Å². The number of aliphatic imine (C=N–C) groups is 2. The Bertz CT molecular complexity index is 1350. The molecule has 0 bridgehead atoms. The van der Waals surface area contributed by atoms with Crippen LogP contribution in [0, 0.1) is 0 Å². The Balaban J connectivity index is 1.37. The van der Waals surface area contributed by atoms with Crippen LogP contribution >= 0.6 is 15.9 Å². The highest BCUT2D eigenvalue weighted by atomic mass is 79.9. The third-order valence-corrected chi connectivity index (χ3v) is 7.40. The Hall–Kier alpha value is -2.96. The molecule has 0 fully saturated rings. The van der Waals surface area contributed by atoms with Gasteiger partial charge in [-0.25, -0.2) is 18.1 Å². The van der Waals surface area contributed by atoms with Crippen molar-refractivity contribution in [3.63, 3.8) is 0 Å². The van der Waals surface area contributed by atoms with Crippen LogP contribution in [0.1, 0.15) is 17.5 Å². The van der Waals surface area contributed by atoms with Crippen molar-refractivity contribution in [3.05, 3.63) is 81.6 Å². The number of dihydropyridines is 1. The summed E-state index contributed by atoms with van der Waals surface area (Å²) in [6.07, 6.45) is -0.687. The van der Waals surface area contributed by atoms with Gasteiger partial charge in [0.2, 0.25) is 10.0 Å². The maximum absolute atomic E-state index is 12.7. The summed E-state index contributed by atoms with van der Waals surface area (Å²) in [7, 11) is -3.94. The van der Waals surface area contributed by atoms with E-state index in [0.29, 0.717) is 29.9 Å². The monoisotopic (exact) mass is 568 g/mol. The zero-order chi connectivity index (χ0) is 25.2. The van der Waals surface area contributed by atoms with Crippen molar-refractivity contribution < 1.29 is 26.7 Å². The van der Waals surface area contributed by atoms with Gasteiger partial charge in [0.1, 0.15) is 11.8 Å². The van der Waals surface area contributed by atoms with Crippen molar-refractivity contribution in [2.45, 2.75) is 23.5 Å². The first-order chi connectivity index (χ1) is 16.6. The molecule has 1 unspecified atom stereocenters. The van der Waals surface area contributed by atoms with Crippen LogP contribution in [-0.4, -0.2) is 44.6 Å². The number of phenols is 1. The van der Waals surface area contributed by atoms with Gasteiger partial charge in [0, 0.05) is 30.6 Å². The van der Waals surface area contributed by atoms with E-state index in [9.17, 15) is 26.7 Å². The number of rotatable bonds is 8. The first-order valence-corrected chi connectivity index (χ1v) is 12.8. The van der Waals surface area contributed by atoms with Gasteiger partial charge in [0.15, 0.2) is 0 Å². The third kappa shape index (κ3) is 5.65. The van der Waals surface area contributed by atoms with E-state index < -0.39 is 21.8 Å². The van der Waals surface area contributed by atoms with E-state index >= 15 is 0 Å². The lowest BCUT2D eigenvalue weighted by molar-refractivity contribution is -0.137. The third-order valence-electron chi connectivity index (χ3n) is 5.32. The lowest BCUT2D eigenvalue weighted by Gasteiger charge is -2.22. The summed E-state index contributed by atoms with van der Waals surface area (Å²) in [4.78, 5) is 8.82. The number of nitrogens with one attached hydrogen (secondary N) is 2. The lowest BCUT2D eigenvalue weighted by atomic mass is 10.0. The largest absolute Gasteiger partial charge is 0.507 e. The maximum Gasteiger partial charge on any atom is 0.416 e. The number of fused-ring (bicyclic) bond motifs is 1. The van der Waals surface area contributed by atoms with E-state index in [-0.39, 0.29) is 23.2 Å². The smallest absolute Gasteiger partial charge is 0.416 e. The molecule has 0 saturated carbocycles. The van der Waals surface area contributed by atoms with Crippen molar-refractivity contribution in [3.8, 4) is 5.75 Å². The van der Waals surface area contributed by atoms with Crippen LogP contribution in [0.5, 0.6) is 5.75 Å². The molecule has 0 radical (unpaired) electrons. The van der Waals surface area contributed by atoms with Gasteiger partial charge in [-0.3, -0.25) is 4.99 Å². The van der Waals surface area contributed by atoms with Crippen LogP contribution in [0.4, 0.5) is 13.2 Å². The molecule has 4 rings (SSSR count). The van der Waals surface area contributed by atoms with Crippen molar-refractivity contribution in [1.82, 2.24) is 10.0 Å². The molecule has 3 N–H and O–H groups in total. The molecular weight excluding hydrogens is 549 g/mol. The summed E-state index contributed by atoms with van der Waals surface area (Å²) >= 11 is 3.45. The summed E-state index contributed by atoms with van der Waals surface area (Å²) in [5.74, 6) is 0.0913. The van der Waals surface area contributed by atoms with Crippen LogP contribution in [0.3, 0.4) is 0 Å². The van der Waals surface area contributed by atoms with Crippen molar-refractivity contribution in [2.75, 3.05) is 13.1 Å². The molecule has 0 spiro atoms. The summed E-state index contributed by atoms with van der Waals surface area (Å²) in [6, 6.07) is 9.82. The molecule has 1 atom stereocenters. The van der Waals surface area contributed by atoms with E-state index in [0.717, 1.165) is 34.4 Å². The number of phenolic OH excluding ortho intramolecular Hbond substituents is 1. The Kier molecular flexibility index (Phi) is 7.15. The number of nitrogens with zero attached hydrogens (tertiary/aromatic N) is 2. The minimum absolute atomic E-state index is 0.0738. The molecule has 0 saturated heterocycles. The number of halogens is 4. The Labute approximate surface area is 208 Å². The highest BCUT2D eigenvalue weighted by molar-refractivity contribution is 9.12. The quantitative estimate of drug-likeness (QED) is 0.417. The molecule has 2 aromatic carbocycles. The number of alkyl halides is 3. The molecule has 7 nitrogen and oxygen atoms in total. The minimum atomic E-state index is -4.53. The van der Waals surface area contributed by atoms with Crippen LogP contribution in [-0.2, 0) is 16.2 Å². The predicted octanol–water partition coefficient (Wildman–Crippen LogP) is 4.12. The fourth-order valence-corrected chi connectivity index (χ4v) is 5.05. The second kappa shape index (κ2) is 9.96. The van der Waals surface area contributed by atoms with Crippen LogP contribution < -0.4 is 10.0 Å². The van der Waals surface area contributed by atoms with Gasteiger partial charge >= 0.3 is 6.18 Å². The van der Waals surface area contributed by atoms with Crippen LogP contribution in [0.25, 0.3) is 0 Å². The molecule has 12 heteroatoms. The maximum atomic E-state index is 12.7. The molecule has 2 aliphatic heterocycles. The summed E-state index contributed by atoms with van der Waals surface area (Å²) < 4.78 is 66.0. The van der Waals surface area contributed by atoms with Crippen molar-refractivity contribution >= 4 is 37.9 Å². The van der Waals surface area contributed by atoms with Crippen molar-refractivity contribution in [2.24, 2.45) is 9.98 Å². The first-order valence-electron chi connectivity index (χ1n) is 10.5. The number of aromatic hydroxyl groups is 1. The average Bonchev–Trinajstić information content (AvgIpc) is 3.19. The number of sulfonamides is 1. The number of allylic oxidation sites excluding steroid dienone is 2.